The van der Waals surface area contributed by atoms with Gasteiger partial charge in [-0.25, -0.2) is 8.78 Å². The van der Waals surface area contributed by atoms with Crippen molar-refractivity contribution < 1.29 is 18.3 Å². The summed E-state index contributed by atoms with van der Waals surface area (Å²) in [5.41, 5.74) is 1.21. The van der Waals surface area contributed by atoms with Crippen LogP contribution in [0.1, 0.15) is 21.5 Å². The number of carbonyl (C=O) groups excluding carboxylic acids is 1. The normalized spacial score (nSPS) is 13.8. The van der Waals surface area contributed by atoms with Gasteiger partial charge >= 0.3 is 0 Å². The Morgan fingerprint density at radius 3 is 2.50 bits per heavy atom. The fourth-order valence-corrected chi connectivity index (χ4v) is 2.23. The number of hydrogen-bond acceptors (Lipinski definition) is 2. The van der Waals surface area contributed by atoms with Crippen LogP contribution in [0, 0.1) is 23.8 Å². The maximum atomic E-state index is 13.3. The van der Waals surface area contributed by atoms with Crippen LogP contribution in [-0.2, 0) is 0 Å². The van der Waals surface area contributed by atoms with Crippen LogP contribution >= 0.6 is 0 Å². The predicted molar refractivity (Wildman–Crippen MR) is 69.3 cm³/mol. The molecule has 0 spiro atoms. The van der Waals surface area contributed by atoms with Gasteiger partial charge in [0, 0.05) is 6.07 Å². The Hall–Kier alpha value is -2.56. The summed E-state index contributed by atoms with van der Waals surface area (Å²) in [6.07, 6.45) is 0. The number of benzene rings is 2. The zero-order valence-corrected chi connectivity index (χ0v) is 10.5. The van der Waals surface area contributed by atoms with E-state index >= 15 is 0 Å². The number of Topliss-reactive ketones (excluding diaryl/α,β-unsaturated/α-hetero) is 1. The number of carbonyl (C=O) groups is 1. The van der Waals surface area contributed by atoms with Gasteiger partial charge in [0.25, 0.3) is 11.5 Å². The first-order valence-electron chi connectivity index (χ1n) is 5.94. The average molecular weight is 273 g/mol. The molecule has 100 valence electrons. The van der Waals surface area contributed by atoms with E-state index in [-0.39, 0.29) is 22.5 Å². The molecule has 0 atom stereocenters. The van der Waals surface area contributed by atoms with E-state index < -0.39 is 17.4 Å². The second-order valence-corrected chi connectivity index (χ2v) is 4.62. The SMILES string of the molecule is Cc1ccc2c(c1)[N+]([O-])=C(c1ccc(F)c(F)c1)C2=O. The minimum atomic E-state index is -1.09. The fraction of sp³-hybridized carbons (Fsp3) is 0.0667. The van der Waals surface area contributed by atoms with E-state index in [4.69, 9.17) is 0 Å². The Morgan fingerprint density at radius 2 is 1.80 bits per heavy atom. The van der Waals surface area contributed by atoms with E-state index in [0.717, 1.165) is 17.7 Å². The van der Waals surface area contributed by atoms with Crippen molar-refractivity contribution in [2.24, 2.45) is 0 Å². The summed E-state index contributed by atoms with van der Waals surface area (Å²) in [5.74, 6) is -2.60. The van der Waals surface area contributed by atoms with Gasteiger partial charge in [0.05, 0.1) is 5.56 Å². The molecular weight excluding hydrogens is 264 g/mol. The van der Waals surface area contributed by atoms with Gasteiger partial charge in [-0.05, 0) is 36.8 Å². The van der Waals surface area contributed by atoms with Crippen LogP contribution in [0.2, 0.25) is 0 Å². The molecule has 0 radical (unpaired) electrons. The minimum Gasteiger partial charge on any atom is -0.618 e. The Bertz CT molecular complexity index is 781. The van der Waals surface area contributed by atoms with Gasteiger partial charge in [0.1, 0.15) is 5.56 Å². The summed E-state index contributed by atoms with van der Waals surface area (Å²) < 4.78 is 26.7. The Balaban J connectivity index is 2.20. The molecule has 1 aliphatic heterocycles. The van der Waals surface area contributed by atoms with Crippen molar-refractivity contribution in [3.05, 3.63) is 69.9 Å². The summed E-state index contributed by atoms with van der Waals surface area (Å²) in [7, 11) is 0. The molecule has 20 heavy (non-hydrogen) atoms. The Kier molecular flexibility index (Phi) is 2.64. The first-order valence-corrected chi connectivity index (χ1v) is 5.94. The molecule has 0 fully saturated rings. The van der Waals surface area contributed by atoms with E-state index in [1.54, 1.807) is 25.1 Å². The largest absolute Gasteiger partial charge is 0.618 e. The van der Waals surface area contributed by atoms with Gasteiger partial charge in [-0.3, -0.25) is 4.79 Å². The molecule has 1 heterocycles. The third kappa shape index (κ3) is 1.71. The Morgan fingerprint density at radius 1 is 1.05 bits per heavy atom. The molecule has 0 aromatic heterocycles. The lowest BCUT2D eigenvalue weighted by Crippen LogP contribution is -2.17. The third-order valence-electron chi connectivity index (χ3n) is 3.23. The van der Waals surface area contributed by atoms with Crippen molar-refractivity contribution in [3.8, 4) is 0 Å². The molecule has 0 aliphatic carbocycles. The maximum Gasteiger partial charge on any atom is 0.273 e. The summed E-state index contributed by atoms with van der Waals surface area (Å²) in [6, 6.07) is 7.84. The highest BCUT2D eigenvalue weighted by Crippen LogP contribution is 2.29. The summed E-state index contributed by atoms with van der Waals surface area (Å²) in [6.45, 7) is 1.80. The van der Waals surface area contributed by atoms with E-state index in [1.807, 2.05) is 0 Å². The van der Waals surface area contributed by atoms with Gasteiger partial charge < -0.3 is 5.21 Å². The van der Waals surface area contributed by atoms with Crippen LogP contribution in [0.15, 0.2) is 36.4 Å². The summed E-state index contributed by atoms with van der Waals surface area (Å²) >= 11 is 0. The second kappa shape index (κ2) is 4.23. The van der Waals surface area contributed by atoms with Gasteiger partial charge in [-0.2, -0.15) is 4.74 Å². The number of halogens is 2. The van der Waals surface area contributed by atoms with E-state index in [2.05, 4.69) is 0 Å². The zero-order valence-electron chi connectivity index (χ0n) is 10.5. The van der Waals surface area contributed by atoms with Gasteiger partial charge in [-0.15, -0.1) is 0 Å². The predicted octanol–water partition coefficient (Wildman–Crippen LogP) is 3.10. The summed E-state index contributed by atoms with van der Waals surface area (Å²) in [4.78, 5) is 12.2. The molecule has 2 aromatic carbocycles. The lowest BCUT2D eigenvalue weighted by molar-refractivity contribution is -0.355. The average Bonchev–Trinajstić information content (AvgIpc) is 2.65. The standard InChI is InChI=1S/C15H9F2NO2/c1-8-2-4-10-13(6-8)18(20)14(15(10)19)9-3-5-11(16)12(17)7-9/h2-7H,1H3. The van der Waals surface area contributed by atoms with E-state index in [9.17, 15) is 18.8 Å². The second-order valence-electron chi connectivity index (χ2n) is 4.62. The number of aryl methyl sites for hydroxylation is 1. The topological polar surface area (TPSA) is 43.1 Å². The van der Waals surface area contributed by atoms with Crippen molar-refractivity contribution in [2.75, 3.05) is 0 Å². The van der Waals surface area contributed by atoms with Gasteiger partial charge in [0.2, 0.25) is 5.69 Å². The van der Waals surface area contributed by atoms with Crippen LogP contribution in [0.4, 0.5) is 14.5 Å². The molecule has 1 aliphatic rings. The quantitative estimate of drug-likeness (QED) is 0.592. The lowest BCUT2D eigenvalue weighted by atomic mass is 10.0. The third-order valence-corrected chi connectivity index (χ3v) is 3.23. The number of hydrogen-bond donors (Lipinski definition) is 0. The molecule has 3 nitrogen and oxygen atoms in total. The molecule has 0 saturated heterocycles. The smallest absolute Gasteiger partial charge is 0.273 e. The van der Waals surface area contributed by atoms with Crippen LogP contribution in [0.25, 0.3) is 0 Å². The van der Waals surface area contributed by atoms with Crippen molar-refractivity contribution in [1.29, 1.82) is 0 Å². The maximum absolute atomic E-state index is 13.3. The lowest BCUT2D eigenvalue weighted by Gasteiger charge is -2.02. The van der Waals surface area contributed by atoms with Gasteiger partial charge in [-0.1, -0.05) is 6.07 Å². The monoisotopic (exact) mass is 273 g/mol. The van der Waals surface area contributed by atoms with Crippen LogP contribution in [-0.4, -0.2) is 16.2 Å². The highest BCUT2D eigenvalue weighted by Gasteiger charge is 2.36. The zero-order chi connectivity index (χ0) is 14.4. The molecule has 0 saturated carbocycles. The Labute approximate surface area is 113 Å². The molecule has 0 bridgehead atoms. The first kappa shape index (κ1) is 12.5. The number of rotatable bonds is 1. The molecular formula is C15H9F2NO2. The first-order chi connectivity index (χ1) is 9.49. The van der Waals surface area contributed by atoms with Crippen LogP contribution in [0.3, 0.4) is 0 Å². The van der Waals surface area contributed by atoms with Crippen molar-refractivity contribution in [3.63, 3.8) is 0 Å². The van der Waals surface area contributed by atoms with Crippen LogP contribution in [0.5, 0.6) is 0 Å². The molecule has 2 aromatic rings. The van der Waals surface area contributed by atoms with E-state index in [0.29, 0.717) is 4.74 Å². The summed E-state index contributed by atoms with van der Waals surface area (Å²) in [5, 5.41) is 12.2. The van der Waals surface area contributed by atoms with Crippen molar-refractivity contribution in [2.45, 2.75) is 6.92 Å². The number of fused-ring (bicyclic) bond motifs is 1. The van der Waals surface area contributed by atoms with E-state index in [1.165, 1.54) is 6.07 Å². The molecule has 3 rings (SSSR count). The molecule has 0 amide bonds. The van der Waals surface area contributed by atoms with Crippen LogP contribution < -0.4 is 0 Å². The number of ketones is 1. The van der Waals surface area contributed by atoms with Crippen molar-refractivity contribution in [1.82, 2.24) is 0 Å². The molecule has 5 heteroatoms. The number of nitrogens with zero attached hydrogens (tertiary/aromatic N) is 1. The van der Waals surface area contributed by atoms with Crippen molar-refractivity contribution >= 4 is 17.2 Å². The highest BCUT2D eigenvalue weighted by atomic mass is 19.2. The molecule has 0 unspecified atom stereocenters. The minimum absolute atomic E-state index is 0.0674. The fourth-order valence-electron chi connectivity index (χ4n) is 2.23. The molecule has 0 N–H and O–H groups in total. The highest BCUT2D eigenvalue weighted by molar-refractivity contribution is 6.52. The van der Waals surface area contributed by atoms with Gasteiger partial charge in [0.15, 0.2) is 11.6 Å².